The van der Waals surface area contributed by atoms with E-state index in [1.165, 1.54) is 0 Å². The molecule has 1 heterocycles. The molecule has 0 atom stereocenters. The van der Waals surface area contributed by atoms with E-state index in [0.29, 0.717) is 5.56 Å². The molecule has 102 valence electrons. The minimum absolute atomic E-state index is 0.0838. The van der Waals surface area contributed by atoms with E-state index in [9.17, 15) is 0 Å². The molecule has 1 aliphatic rings. The van der Waals surface area contributed by atoms with E-state index in [1.807, 2.05) is 39.8 Å². The van der Waals surface area contributed by atoms with E-state index in [-0.39, 0.29) is 17.0 Å². The first kappa shape index (κ1) is 13.9. The van der Waals surface area contributed by atoms with E-state index in [1.54, 1.807) is 12.1 Å². The lowest BCUT2D eigenvalue weighted by molar-refractivity contribution is 0.00578. The van der Waals surface area contributed by atoms with Crippen LogP contribution in [0.25, 0.3) is 0 Å². The normalized spacial score (nSPS) is 21.7. The standard InChI is InChI=1S/C13H19BN2O3/c1-12(2)13(3,4)19-14(18-12)10-7-5-9(6-8-10)11(15)16-17/h5-8,17H,1-4H3,(H2,15,16). The van der Waals surface area contributed by atoms with Crippen molar-refractivity contribution in [1.82, 2.24) is 0 Å². The first-order valence-corrected chi connectivity index (χ1v) is 6.20. The fraction of sp³-hybridized carbons (Fsp3) is 0.462. The average molecular weight is 262 g/mol. The van der Waals surface area contributed by atoms with Crippen molar-refractivity contribution in [2.75, 3.05) is 0 Å². The third kappa shape index (κ3) is 2.46. The first-order chi connectivity index (χ1) is 8.77. The molecule has 0 spiro atoms. The molecule has 1 aromatic rings. The van der Waals surface area contributed by atoms with E-state index in [2.05, 4.69) is 5.16 Å². The van der Waals surface area contributed by atoms with Gasteiger partial charge in [-0.15, -0.1) is 0 Å². The lowest BCUT2D eigenvalue weighted by Crippen LogP contribution is -2.41. The van der Waals surface area contributed by atoms with Crippen LogP contribution in [0.15, 0.2) is 29.4 Å². The van der Waals surface area contributed by atoms with Gasteiger partial charge in [0, 0.05) is 5.56 Å². The molecule has 1 aromatic carbocycles. The van der Waals surface area contributed by atoms with Gasteiger partial charge in [0.05, 0.1) is 11.2 Å². The van der Waals surface area contributed by atoms with E-state index < -0.39 is 7.12 Å². The Morgan fingerprint density at radius 2 is 1.58 bits per heavy atom. The molecule has 0 bridgehead atoms. The Bertz CT molecular complexity index is 481. The minimum Gasteiger partial charge on any atom is -0.409 e. The molecular weight excluding hydrogens is 243 g/mol. The molecule has 0 aliphatic carbocycles. The molecule has 1 saturated heterocycles. The lowest BCUT2D eigenvalue weighted by atomic mass is 9.79. The highest BCUT2D eigenvalue weighted by Crippen LogP contribution is 2.36. The van der Waals surface area contributed by atoms with Crippen LogP contribution < -0.4 is 11.2 Å². The molecule has 0 aromatic heterocycles. The third-order valence-corrected chi connectivity index (χ3v) is 3.84. The number of hydrogen-bond acceptors (Lipinski definition) is 4. The van der Waals surface area contributed by atoms with Crippen molar-refractivity contribution in [3.8, 4) is 0 Å². The van der Waals surface area contributed by atoms with Crippen LogP contribution in [-0.2, 0) is 9.31 Å². The summed E-state index contributed by atoms with van der Waals surface area (Å²) in [6.07, 6.45) is 0. The molecule has 6 heteroatoms. The summed E-state index contributed by atoms with van der Waals surface area (Å²) < 4.78 is 11.9. The van der Waals surface area contributed by atoms with Crippen LogP contribution in [0, 0.1) is 0 Å². The van der Waals surface area contributed by atoms with Crippen molar-refractivity contribution in [3.63, 3.8) is 0 Å². The molecule has 0 unspecified atom stereocenters. The van der Waals surface area contributed by atoms with Crippen molar-refractivity contribution >= 4 is 18.4 Å². The maximum atomic E-state index is 8.62. The van der Waals surface area contributed by atoms with E-state index in [4.69, 9.17) is 20.2 Å². The van der Waals surface area contributed by atoms with Gasteiger partial charge in [-0.3, -0.25) is 0 Å². The van der Waals surface area contributed by atoms with Gasteiger partial charge in [0.1, 0.15) is 0 Å². The zero-order valence-electron chi connectivity index (χ0n) is 11.7. The molecule has 1 aliphatic heterocycles. The van der Waals surface area contributed by atoms with Crippen LogP contribution in [0.4, 0.5) is 0 Å². The van der Waals surface area contributed by atoms with Crippen LogP contribution >= 0.6 is 0 Å². The average Bonchev–Trinajstić information content (AvgIpc) is 2.58. The summed E-state index contributed by atoms with van der Waals surface area (Å²) in [6, 6.07) is 7.26. The summed E-state index contributed by atoms with van der Waals surface area (Å²) in [5.74, 6) is 0.0838. The van der Waals surface area contributed by atoms with Crippen LogP contribution in [0.5, 0.6) is 0 Å². The van der Waals surface area contributed by atoms with Gasteiger partial charge in [-0.25, -0.2) is 0 Å². The summed E-state index contributed by atoms with van der Waals surface area (Å²) in [7, 11) is -0.397. The smallest absolute Gasteiger partial charge is 0.409 e. The zero-order valence-corrected chi connectivity index (χ0v) is 11.7. The maximum Gasteiger partial charge on any atom is 0.494 e. The number of hydrogen-bond donors (Lipinski definition) is 2. The zero-order chi connectivity index (χ0) is 14.3. The largest absolute Gasteiger partial charge is 0.494 e. The molecule has 1 fully saturated rings. The first-order valence-electron chi connectivity index (χ1n) is 6.20. The number of benzene rings is 1. The number of oxime groups is 1. The Balaban J connectivity index is 2.21. The molecule has 2 rings (SSSR count). The fourth-order valence-electron chi connectivity index (χ4n) is 1.85. The van der Waals surface area contributed by atoms with E-state index >= 15 is 0 Å². The van der Waals surface area contributed by atoms with Gasteiger partial charge in [0.25, 0.3) is 0 Å². The predicted molar refractivity (Wildman–Crippen MR) is 74.7 cm³/mol. The Morgan fingerprint density at radius 1 is 1.11 bits per heavy atom. The topological polar surface area (TPSA) is 77.1 Å². The Labute approximate surface area is 113 Å². The highest BCUT2D eigenvalue weighted by molar-refractivity contribution is 6.62. The van der Waals surface area contributed by atoms with Crippen molar-refractivity contribution in [2.45, 2.75) is 38.9 Å². The highest BCUT2D eigenvalue weighted by atomic mass is 16.7. The summed E-state index contributed by atoms with van der Waals surface area (Å²) in [6.45, 7) is 8.05. The number of rotatable bonds is 2. The summed E-state index contributed by atoms with van der Waals surface area (Å²) >= 11 is 0. The SMILES string of the molecule is CC1(C)OB(c2ccc(C(N)=NO)cc2)OC1(C)C. The summed E-state index contributed by atoms with van der Waals surface area (Å²) in [4.78, 5) is 0. The predicted octanol–water partition coefficient (Wildman–Crippen LogP) is 1.08. The van der Waals surface area contributed by atoms with Crippen molar-refractivity contribution in [2.24, 2.45) is 10.9 Å². The Morgan fingerprint density at radius 3 is 2.00 bits per heavy atom. The summed E-state index contributed by atoms with van der Waals surface area (Å²) in [5.41, 5.74) is 6.37. The van der Waals surface area contributed by atoms with Gasteiger partial charge in [-0.2, -0.15) is 0 Å². The molecule has 0 radical (unpaired) electrons. The highest BCUT2D eigenvalue weighted by Gasteiger charge is 2.51. The monoisotopic (exact) mass is 262 g/mol. The van der Waals surface area contributed by atoms with E-state index in [0.717, 1.165) is 5.46 Å². The van der Waals surface area contributed by atoms with Gasteiger partial charge in [-0.05, 0) is 33.2 Å². The van der Waals surface area contributed by atoms with Crippen molar-refractivity contribution < 1.29 is 14.5 Å². The van der Waals surface area contributed by atoms with Crippen LogP contribution in [0.1, 0.15) is 33.3 Å². The molecule has 0 amide bonds. The number of nitrogens with zero attached hydrogens (tertiary/aromatic N) is 1. The molecule has 19 heavy (non-hydrogen) atoms. The maximum absolute atomic E-state index is 8.62. The lowest BCUT2D eigenvalue weighted by Gasteiger charge is -2.32. The van der Waals surface area contributed by atoms with Crippen molar-refractivity contribution in [1.29, 1.82) is 0 Å². The Hall–Kier alpha value is -1.53. The molecule has 3 N–H and O–H groups in total. The van der Waals surface area contributed by atoms with Crippen molar-refractivity contribution in [3.05, 3.63) is 29.8 Å². The minimum atomic E-state index is -0.397. The number of amidine groups is 1. The molecular formula is C13H19BN2O3. The Kier molecular flexibility index (Phi) is 3.32. The second kappa shape index (κ2) is 4.54. The fourth-order valence-corrected chi connectivity index (χ4v) is 1.85. The van der Waals surface area contributed by atoms with Gasteiger partial charge in [0.2, 0.25) is 0 Å². The molecule has 0 saturated carbocycles. The molecule has 5 nitrogen and oxygen atoms in total. The van der Waals surface area contributed by atoms with Gasteiger partial charge < -0.3 is 20.2 Å². The quantitative estimate of drug-likeness (QED) is 0.275. The van der Waals surface area contributed by atoms with Gasteiger partial charge >= 0.3 is 7.12 Å². The van der Waals surface area contributed by atoms with Crippen LogP contribution in [-0.4, -0.2) is 29.4 Å². The number of nitrogens with two attached hydrogens (primary N) is 1. The van der Waals surface area contributed by atoms with Gasteiger partial charge in [0.15, 0.2) is 5.84 Å². The second-order valence-corrected chi connectivity index (χ2v) is 5.70. The van der Waals surface area contributed by atoms with Crippen LogP contribution in [0.2, 0.25) is 0 Å². The summed E-state index contributed by atoms with van der Waals surface area (Å²) in [5, 5.41) is 11.6. The second-order valence-electron chi connectivity index (χ2n) is 5.70. The van der Waals surface area contributed by atoms with Crippen LogP contribution in [0.3, 0.4) is 0 Å². The third-order valence-electron chi connectivity index (χ3n) is 3.84. The van der Waals surface area contributed by atoms with Gasteiger partial charge in [-0.1, -0.05) is 29.4 Å².